The summed E-state index contributed by atoms with van der Waals surface area (Å²) in [5.41, 5.74) is 1.12. The van der Waals surface area contributed by atoms with E-state index in [0.717, 1.165) is 44.0 Å². The minimum absolute atomic E-state index is 0.127. The van der Waals surface area contributed by atoms with Crippen molar-refractivity contribution < 1.29 is 9.53 Å². The number of likely N-dealkylation sites (N-methyl/N-ethyl adjacent to an activating group) is 1. The lowest BCUT2D eigenvalue weighted by atomic mass is 10.1. The van der Waals surface area contributed by atoms with E-state index in [1.54, 1.807) is 0 Å². The molecule has 124 valence electrons. The molecule has 6 nitrogen and oxygen atoms in total. The highest BCUT2D eigenvalue weighted by Crippen LogP contribution is 2.38. The minimum atomic E-state index is 0.127. The lowest BCUT2D eigenvalue weighted by Crippen LogP contribution is -2.60. The summed E-state index contributed by atoms with van der Waals surface area (Å²) in [5.74, 6) is 1.75. The molecule has 4 rings (SSSR count). The number of anilines is 1. The topological polar surface area (TPSA) is 58.6 Å². The first kappa shape index (κ1) is 14.9. The van der Waals surface area contributed by atoms with Crippen LogP contribution in [0.2, 0.25) is 0 Å². The lowest BCUT2D eigenvalue weighted by molar-refractivity contribution is -0.134. The summed E-state index contributed by atoms with van der Waals surface area (Å²) in [6.07, 6.45) is 5.23. The van der Waals surface area contributed by atoms with Crippen LogP contribution in [-0.4, -0.2) is 59.9 Å². The Morgan fingerprint density at radius 1 is 1.30 bits per heavy atom. The van der Waals surface area contributed by atoms with Crippen molar-refractivity contribution in [2.75, 3.05) is 31.6 Å². The number of amides is 1. The zero-order chi connectivity index (χ0) is 15.8. The summed E-state index contributed by atoms with van der Waals surface area (Å²) in [5, 5.41) is 8.66. The minimum Gasteiger partial charge on any atom is -0.378 e. The van der Waals surface area contributed by atoms with Gasteiger partial charge < -0.3 is 14.5 Å². The average Bonchev–Trinajstić information content (AvgIpc) is 3.24. The van der Waals surface area contributed by atoms with Crippen LogP contribution >= 0.6 is 0 Å². The van der Waals surface area contributed by atoms with Gasteiger partial charge in [-0.05, 0) is 37.8 Å². The monoisotopic (exact) mass is 316 g/mol. The summed E-state index contributed by atoms with van der Waals surface area (Å²) >= 11 is 0. The predicted octanol–water partition coefficient (Wildman–Crippen LogP) is 1.57. The molecule has 3 fully saturated rings. The molecule has 1 aromatic heterocycles. The molecule has 0 aromatic carbocycles. The highest BCUT2D eigenvalue weighted by Gasteiger charge is 2.34. The summed E-state index contributed by atoms with van der Waals surface area (Å²) in [6.45, 7) is 2.48. The van der Waals surface area contributed by atoms with Gasteiger partial charge in [-0.15, -0.1) is 5.10 Å². The van der Waals surface area contributed by atoms with Crippen LogP contribution in [0.3, 0.4) is 0 Å². The van der Waals surface area contributed by atoms with Gasteiger partial charge in [0.15, 0.2) is 5.82 Å². The maximum absolute atomic E-state index is 12.3. The molecule has 2 aliphatic heterocycles. The van der Waals surface area contributed by atoms with Crippen molar-refractivity contribution in [3.05, 3.63) is 17.8 Å². The summed E-state index contributed by atoms with van der Waals surface area (Å²) < 4.78 is 5.55. The standard InChI is InChI=1S/C17H24N4O2/c1-20(17(22)9-14-3-2-8-23-14)13-10-21(11-13)16-7-6-15(18-19-16)12-4-5-12/h6-7,12-14H,2-5,8-11H2,1H3. The normalized spacial score (nSPS) is 24.6. The van der Waals surface area contributed by atoms with Gasteiger partial charge in [0.25, 0.3) is 0 Å². The highest BCUT2D eigenvalue weighted by atomic mass is 16.5. The first-order chi connectivity index (χ1) is 11.2. The van der Waals surface area contributed by atoms with Gasteiger partial charge in [-0.3, -0.25) is 4.79 Å². The van der Waals surface area contributed by atoms with Crippen LogP contribution in [0.5, 0.6) is 0 Å². The molecule has 2 saturated heterocycles. The number of aromatic nitrogens is 2. The Bertz CT molecular complexity index is 560. The largest absolute Gasteiger partial charge is 0.378 e. The molecule has 1 aliphatic carbocycles. The maximum Gasteiger partial charge on any atom is 0.225 e. The number of carbonyl (C=O) groups excluding carboxylic acids is 1. The van der Waals surface area contributed by atoms with Gasteiger partial charge in [-0.25, -0.2) is 0 Å². The Balaban J connectivity index is 1.27. The van der Waals surface area contributed by atoms with Gasteiger partial charge >= 0.3 is 0 Å². The smallest absolute Gasteiger partial charge is 0.225 e. The van der Waals surface area contributed by atoms with Crippen LogP contribution in [0, 0.1) is 0 Å². The second-order valence-corrected chi connectivity index (χ2v) is 6.99. The van der Waals surface area contributed by atoms with Crippen molar-refractivity contribution in [2.24, 2.45) is 0 Å². The number of hydrogen-bond acceptors (Lipinski definition) is 5. The summed E-state index contributed by atoms with van der Waals surface area (Å²) in [4.78, 5) is 16.4. The maximum atomic E-state index is 12.3. The second-order valence-electron chi connectivity index (χ2n) is 6.99. The number of rotatable bonds is 5. The third-order valence-corrected chi connectivity index (χ3v) is 5.22. The predicted molar refractivity (Wildman–Crippen MR) is 86.4 cm³/mol. The van der Waals surface area contributed by atoms with E-state index in [9.17, 15) is 4.79 Å². The van der Waals surface area contributed by atoms with E-state index in [1.807, 2.05) is 11.9 Å². The van der Waals surface area contributed by atoms with Gasteiger partial charge in [0.1, 0.15) is 0 Å². The first-order valence-electron chi connectivity index (χ1n) is 8.66. The first-order valence-corrected chi connectivity index (χ1v) is 8.66. The van der Waals surface area contributed by atoms with Crippen LogP contribution in [0.4, 0.5) is 5.82 Å². The van der Waals surface area contributed by atoms with Crippen molar-refractivity contribution in [1.82, 2.24) is 15.1 Å². The molecule has 3 heterocycles. The molecule has 0 bridgehead atoms. The van der Waals surface area contributed by atoms with Crippen molar-refractivity contribution in [3.63, 3.8) is 0 Å². The Morgan fingerprint density at radius 2 is 2.13 bits per heavy atom. The SMILES string of the molecule is CN(C(=O)CC1CCCO1)C1CN(c2ccc(C3CC3)nn2)C1. The Hall–Kier alpha value is -1.69. The summed E-state index contributed by atoms with van der Waals surface area (Å²) in [6, 6.07) is 4.43. The van der Waals surface area contributed by atoms with E-state index in [1.165, 1.54) is 12.8 Å². The third-order valence-electron chi connectivity index (χ3n) is 5.22. The molecule has 1 saturated carbocycles. The molecule has 0 radical (unpaired) electrons. The average molecular weight is 316 g/mol. The highest BCUT2D eigenvalue weighted by molar-refractivity contribution is 5.77. The Kier molecular flexibility index (Phi) is 3.93. The zero-order valence-corrected chi connectivity index (χ0v) is 13.6. The fourth-order valence-electron chi connectivity index (χ4n) is 3.34. The Labute approximate surface area is 136 Å². The van der Waals surface area contributed by atoms with E-state index in [0.29, 0.717) is 12.3 Å². The van der Waals surface area contributed by atoms with Gasteiger partial charge in [0.05, 0.1) is 24.3 Å². The van der Waals surface area contributed by atoms with E-state index < -0.39 is 0 Å². The van der Waals surface area contributed by atoms with Gasteiger partial charge in [0.2, 0.25) is 5.91 Å². The van der Waals surface area contributed by atoms with Crippen LogP contribution in [0.15, 0.2) is 12.1 Å². The van der Waals surface area contributed by atoms with Crippen LogP contribution in [-0.2, 0) is 9.53 Å². The van der Waals surface area contributed by atoms with Crippen LogP contribution in [0.1, 0.15) is 43.7 Å². The van der Waals surface area contributed by atoms with Gasteiger partial charge in [-0.2, -0.15) is 5.10 Å². The van der Waals surface area contributed by atoms with Crippen molar-refractivity contribution in [2.45, 2.75) is 50.2 Å². The van der Waals surface area contributed by atoms with Crippen molar-refractivity contribution in [1.29, 1.82) is 0 Å². The van der Waals surface area contributed by atoms with E-state index in [4.69, 9.17) is 4.74 Å². The molecule has 0 N–H and O–H groups in total. The van der Waals surface area contributed by atoms with Crippen LogP contribution < -0.4 is 4.90 Å². The number of ether oxygens (including phenoxy) is 1. The Morgan fingerprint density at radius 3 is 2.74 bits per heavy atom. The zero-order valence-electron chi connectivity index (χ0n) is 13.6. The van der Waals surface area contributed by atoms with Crippen molar-refractivity contribution in [3.8, 4) is 0 Å². The second kappa shape index (κ2) is 6.07. The van der Waals surface area contributed by atoms with Crippen molar-refractivity contribution >= 4 is 11.7 Å². The molecule has 1 atom stereocenters. The number of hydrogen-bond donors (Lipinski definition) is 0. The molecule has 6 heteroatoms. The molecular weight excluding hydrogens is 292 g/mol. The lowest BCUT2D eigenvalue weighted by Gasteiger charge is -2.44. The third kappa shape index (κ3) is 3.17. The quantitative estimate of drug-likeness (QED) is 0.825. The molecular formula is C17H24N4O2. The molecule has 0 spiro atoms. The van der Waals surface area contributed by atoms with Crippen LogP contribution in [0.25, 0.3) is 0 Å². The van der Waals surface area contributed by atoms with E-state index >= 15 is 0 Å². The number of nitrogens with zero attached hydrogens (tertiary/aromatic N) is 4. The molecule has 23 heavy (non-hydrogen) atoms. The fourth-order valence-corrected chi connectivity index (χ4v) is 3.34. The van der Waals surface area contributed by atoms with Gasteiger partial charge in [-0.1, -0.05) is 0 Å². The van der Waals surface area contributed by atoms with E-state index in [-0.39, 0.29) is 18.1 Å². The molecule has 1 aromatic rings. The molecule has 1 amide bonds. The number of carbonyl (C=O) groups is 1. The summed E-state index contributed by atoms with van der Waals surface area (Å²) in [7, 11) is 1.90. The molecule has 3 aliphatic rings. The molecule has 1 unspecified atom stereocenters. The van der Waals surface area contributed by atoms with Gasteiger partial charge in [0, 0.05) is 32.7 Å². The van der Waals surface area contributed by atoms with E-state index in [2.05, 4.69) is 27.2 Å². The fraction of sp³-hybridized carbons (Fsp3) is 0.706.